The van der Waals surface area contributed by atoms with Crippen LogP contribution in [0.4, 0.5) is 0 Å². The van der Waals surface area contributed by atoms with Gasteiger partial charge in [-0.3, -0.25) is 9.98 Å². The largest absolute Gasteiger partial charge is 0.370 e. The molecule has 1 N–H and O–H groups in total. The molecule has 0 spiro atoms. The Bertz CT molecular complexity index is 358. The monoisotopic (exact) mass is 203 g/mol. The molecule has 2 rings (SSSR count). The molecule has 0 saturated carbocycles. The summed E-state index contributed by atoms with van der Waals surface area (Å²) < 4.78 is 0. The van der Waals surface area contributed by atoms with E-state index in [9.17, 15) is 0 Å². The average molecular weight is 203 g/mol. The highest BCUT2D eigenvalue weighted by molar-refractivity contribution is 5.82. The predicted molar refractivity (Wildman–Crippen MR) is 62.0 cm³/mol. The molecule has 0 amide bonds. The van der Waals surface area contributed by atoms with Crippen LogP contribution in [0, 0.1) is 6.92 Å². The smallest absolute Gasteiger partial charge is 0.0965 e. The quantitative estimate of drug-likeness (QED) is 0.799. The van der Waals surface area contributed by atoms with Crippen molar-refractivity contribution in [2.24, 2.45) is 4.99 Å². The van der Waals surface area contributed by atoms with Crippen molar-refractivity contribution in [1.82, 2.24) is 10.3 Å². The first-order chi connectivity index (χ1) is 7.36. The second-order valence-corrected chi connectivity index (χ2v) is 3.94. The first-order valence-electron chi connectivity index (χ1n) is 5.53. The number of aliphatic imine (C=N–C) groups is 1. The van der Waals surface area contributed by atoms with Crippen LogP contribution in [0.1, 0.15) is 30.4 Å². The molecule has 0 aliphatic carbocycles. The van der Waals surface area contributed by atoms with Crippen LogP contribution in [0.5, 0.6) is 0 Å². The molecular weight excluding hydrogens is 186 g/mol. The highest BCUT2D eigenvalue weighted by atomic mass is 15.0. The predicted octanol–water partition coefficient (Wildman–Crippen LogP) is 2.06. The van der Waals surface area contributed by atoms with Crippen molar-refractivity contribution in [2.75, 3.05) is 6.54 Å². The summed E-state index contributed by atoms with van der Waals surface area (Å²) in [5.41, 5.74) is 2.54. The SMILES string of the molecule is Cc1cnccc1CNC1=NCCCC1. The van der Waals surface area contributed by atoms with Crippen molar-refractivity contribution in [2.45, 2.75) is 32.7 Å². The van der Waals surface area contributed by atoms with E-state index in [-0.39, 0.29) is 0 Å². The van der Waals surface area contributed by atoms with Gasteiger partial charge in [0.15, 0.2) is 0 Å². The first-order valence-corrected chi connectivity index (χ1v) is 5.53. The van der Waals surface area contributed by atoms with E-state index in [4.69, 9.17) is 0 Å². The van der Waals surface area contributed by atoms with E-state index < -0.39 is 0 Å². The zero-order valence-electron chi connectivity index (χ0n) is 9.16. The van der Waals surface area contributed by atoms with E-state index in [0.29, 0.717) is 0 Å². The van der Waals surface area contributed by atoms with Gasteiger partial charge < -0.3 is 5.32 Å². The Kier molecular flexibility index (Phi) is 3.33. The van der Waals surface area contributed by atoms with Crippen LogP contribution in [-0.2, 0) is 6.54 Å². The Balaban J connectivity index is 1.93. The second-order valence-electron chi connectivity index (χ2n) is 3.94. The first kappa shape index (κ1) is 10.1. The molecule has 1 aromatic heterocycles. The third kappa shape index (κ3) is 2.78. The fraction of sp³-hybridized carbons (Fsp3) is 0.500. The number of amidine groups is 1. The maximum absolute atomic E-state index is 4.46. The van der Waals surface area contributed by atoms with Gasteiger partial charge in [-0.1, -0.05) is 0 Å². The second kappa shape index (κ2) is 4.91. The topological polar surface area (TPSA) is 37.3 Å². The van der Waals surface area contributed by atoms with Crippen LogP contribution >= 0.6 is 0 Å². The zero-order chi connectivity index (χ0) is 10.5. The summed E-state index contributed by atoms with van der Waals surface area (Å²) in [6.45, 7) is 3.94. The van der Waals surface area contributed by atoms with E-state index in [1.165, 1.54) is 24.0 Å². The van der Waals surface area contributed by atoms with E-state index >= 15 is 0 Å². The van der Waals surface area contributed by atoms with Crippen LogP contribution in [0.15, 0.2) is 23.5 Å². The van der Waals surface area contributed by atoms with Gasteiger partial charge in [0.2, 0.25) is 0 Å². The molecule has 0 radical (unpaired) electrons. The van der Waals surface area contributed by atoms with E-state index in [0.717, 1.165) is 25.3 Å². The third-order valence-corrected chi connectivity index (χ3v) is 2.74. The maximum Gasteiger partial charge on any atom is 0.0965 e. The van der Waals surface area contributed by atoms with Crippen LogP contribution in [-0.4, -0.2) is 17.4 Å². The minimum Gasteiger partial charge on any atom is -0.370 e. The molecule has 1 aliphatic rings. The molecule has 15 heavy (non-hydrogen) atoms. The number of nitrogens with zero attached hydrogens (tertiary/aromatic N) is 2. The molecule has 1 aliphatic heterocycles. The maximum atomic E-state index is 4.46. The molecule has 0 atom stereocenters. The number of hydrogen-bond acceptors (Lipinski definition) is 3. The van der Waals surface area contributed by atoms with Gasteiger partial charge in [0, 0.05) is 31.9 Å². The molecule has 0 saturated heterocycles. The molecule has 0 aromatic carbocycles. The molecule has 0 fully saturated rings. The van der Waals surface area contributed by atoms with Gasteiger partial charge in [-0.15, -0.1) is 0 Å². The highest BCUT2D eigenvalue weighted by Gasteiger charge is 2.04. The summed E-state index contributed by atoms with van der Waals surface area (Å²) in [6.07, 6.45) is 7.34. The Morgan fingerprint density at radius 3 is 3.07 bits per heavy atom. The summed E-state index contributed by atoms with van der Waals surface area (Å²) in [4.78, 5) is 8.55. The molecular formula is C12H17N3. The van der Waals surface area contributed by atoms with Gasteiger partial charge in [0.05, 0.1) is 5.84 Å². The summed E-state index contributed by atoms with van der Waals surface area (Å²) in [7, 11) is 0. The normalized spacial score (nSPS) is 15.9. The lowest BCUT2D eigenvalue weighted by atomic mass is 10.1. The lowest BCUT2D eigenvalue weighted by Gasteiger charge is -2.14. The van der Waals surface area contributed by atoms with E-state index in [1.54, 1.807) is 0 Å². The number of pyridine rings is 1. The zero-order valence-corrected chi connectivity index (χ0v) is 9.16. The van der Waals surface area contributed by atoms with Crippen LogP contribution in [0.3, 0.4) is 0 Å². The lowest BCUT2D eigenvalue weighted by Crippen LogP contribution is -2.25. The minimum absolute atomic E-state index is 0.868. The van der Waals surface area contributed by atoms with Gasteiger partial charge in [0.25, 0.3) is 0 Å². The number of aryl methyl sites for hydroxylation is 1. The number of aromatic nitrogens is 1. The average Bonchev–Trinajstić information content (AvgIpc) is 2.29. The van der Waals surface area contributed by atoms with Gasteiger partial charge >= 0.3 is 0 Å². The fourth-order valence-corrected chi connectivity index (χ4v) is 1.74. The summed E-state index contributed by atoms with van der Waals surface area (Å²) in [5.74, 6) is 1.16. The molecule has 3 heteroatoms. The summed E-state index contributed by atoms with van der Waals surface area (Å²) in [5, 5.41) is 3.40. The third-order valence-electron chi connectivity index (χ3n) is 2.74. The van der Waals surface area contributed by atoms with E-state index in [1.807, 2.05) is 12.4 Å². The Morgan fingerprint density at radius 2 is 2.33 bits per heavy atom. The summed E-state index contributed by atoms with van der Waals surface area (Å²) >= 11 is 0. The Morgan fingerprint density at radius 1 is 1.40 bits per heavy atom. The fourth-order valence-electron chi connectivity index (χ4n) is 1.74. The Hall–Kier alpha value is -1.38. The molecule has 0 unspecified atom stereocenters. The van der Waals surface area contributed by atoms with Gasteiger partial charge in [0.1, 0.15) is 0 Å². The summed E-state index contributed by atoms with van der Waals surface area (Å²) in [6, 6.07) is 2.06. The van der Waals surface area contributed by atoms with Crippen molar-refractivity contribution in [3.05, 3.63) is 29.6 Å². The number of rotatable bonds is 2. The van der Waals surface area contributed by atoms with Gasteiger partial charge in [-0.05, 0) is 37.0 Å². The molecule has 3 nitrogen and oxygen atoms in total. The lowest BCUT2D eigenvalue weighted by molar-refractivity contribution is 0.705. The number of hydrogen-bond donors (Lipinski definition) is 1. The highest BCUT2D eigenvalue weighted by Crippen LogP contribution is 2.07. The van der Waals surface area contributed by atoms with Crippen LogP contribution in [0.25, 0.3) is 0 Å². The van der Waals surface area contributed by atoms with Crippen molar-refractivity contribution in [3.63, 3.8) is 0 Å². The van der Waals surface area contributed by atoms with Crippen molar-refractivity contribution < 1.29 is 0 Å². The molecule has 80 valence electrons. The molecule has 2 heterocycles. The van der Waals surface area contributed by atoms with Crippen molar-refractivity contribution in [1.29, 1.82) is 0 Å². The van der Waals surface area contributed by atoms with Crippen LogP contribution < -0.4 is 5.32 Å². The molecule has 1 aromatic rings. The van der Waals surface area contributed by atoms with E-state index in [2.05, 4.69) is 28.3 Å². The van der Waals surface area contributed by atoms with Gasteiger partial charge in [-0.25, -0.2) is 0 Å². The van der Waals surface area contributed by atoms with Crippen molar-refractivity contribution in [3.8, 4) is 0 Å². The Labute approximate surface area is 90.6 Å². The van der Waals surface area contributed by atoms with Crippen LogP contribution in [0.2, 0.25) is 0 Å². The molecule has 0 bridgehead atoms. The van der Waals surface area contributed by atoms with Crippen molar-refractivity contribution >= 4 is 5.84 Å². The minimum atomic E-state index is 0.868. The number of nitrogens with one attached hydrogen (secondary N) is 1. The standard InChI is InChI=1S/C12H17N3/c1-10-8-13-7-5-11(10)9-15-12-4-2-3-6-14-12/h5,7-8H,2-4,6,9H2,1H3,(H,14,15). The van der Waals surface area contributed by atoms with Gasteiger partial charge in [-0.2, -0.15) is 0 Å².